The fraction of sp³-hybridized carbons (Fsp3) is 0.667. The van der Waals surface area contributed by atoms with E-state index in [4.69, 9.17) is 9.90 Å². The highest BCUT2D eigenvalue weighted by Crippen LogP contribution is 2.55. The van der Waals surface area contributed by atoms with Crippen LogP contribution in [0.15, 0.2) is 30.3 Å². The van der Waals surface area contributed by atoms with Crippen molar-refractivity contribution in [2.75, 3.05) is 13.1 Å². The van der Waals surface area contributed by atoms with Gasteiger partial charge in [0.2, 0.25) is 0 Å². The van der Waals surface area contributed by atoms with Gasteiger partial charge in [0.15, 0.2) is 0 Å². The van der Waals surface area contributed by atoms with Gasteiger partial charge < -0.3 is 10.0 Å². The summed E-state index contributed by atoms with van der Waals surface area (Å²) >= 11 is 0. The molecule has 1 heterocycles. The second kappa shape index (κ2) is 7.69. The maximum atomic E-state index is 8.36. The van der Waals surface area contributed by atoms with Crippen LogP contribution in [0.25, 0.3) is 0 Å². The zero-order valence-electron chi connectivity index (χ0n) is 14.9. The molecule has 1 saturated heterocycles. The minimum Gasteiger partial charge on any atom is -0.483 e. The monoisotopic (exact) mass is 329 g/mol. The van der Waals surface area contributed by atoms with Gasteiger partial charge in [-0.1, -0.05) is 37.3 Å². The standard InChI is InChI=1S/C20H29N.CH2O2/c1-20(18-7-8-18)12-9-19(15-20)21-13-10-17(11-14-21)16-5-3-2-4-6-16;2-1-3/h2-6,17-19H,7-15H2,1H3;1H,(H,2,3). The van der Waals surface area contributed by atoms with E-state index in [9.17, 15) is 0 Å². The van der Waals surface area contributed by atoms with Crippen LogP contribution in [0.4, 0.5) is 0 Å². The molecule has 1 aromatic carbocycles. The third-order valence-corrected chi connectivity index (χ3v) is 6.63. The van der Waals surface area contributed by atoms with Gasteiger partial charge in [0.25, 0.3) is 6.47 Å². The lowest BCUT2D eigenvalue weighted by atomic mass is 9.83. The van der Waals surface area contributed by atoms with Crippen molar-refractivity contribution >= 4 is 6.47 Å². The molecule has 1 aliphatic heterocycles. The van der Waals surface area contributed by atoms with Gasteiger partial charge in [-0.15, -0.1) is 0 Å². The van der Waals surface area contributed by atoms with Crippen molar-refractivity contribution in [2.45, 2.75) is 63.8 Å². The van der Waals surface area contributed by atoms with Gasteiger partial charge in [-0.25, -0.2) is 0 Å². The molecule has 4 rings (SSSR count). The lowest BCUT2D eigenvalue weighted by Gasteiger charge is -2.37. The maximum Gasteiger partial charge on any atom is 0.290 e. The summed E-state index contributed by atoms with van der Waals surface area (Å²) in [6.07, 6.45) is 10.2. The average Bonchev–Trinajstić information content (AvgIpc) is 3.40. The van der Waals surface area contributed by atoms with Gasteiger partial charge >= 0.3 is 0 Å². The van der Waals surface area contributed by atoms with E-state index < -0.39 is 0 Å². The molecule has 3 heteroatoms. The van der Waals surface area contributed by atoms with Crippen molar-refractivity contribution in [1.29, 1.82) is 0 Å². The molecule has 3 aliphatic rings. The number of carboxylic acid groups (broad SMARTS) is 1. The molecule has 132 valence electrons. The average molecular weight is 329 g/mol. The first-order valence-corrected chi connectivity index (χ1v) is 9.53. The van der Waals surface area contributed by atoms with Crippen molar-refractivity contribution in [3.05, 3.63) is 35.9 Å². The Morgan fingerprint density at radius 1 is 1.08 bits per heavy atom. The summed E-state index contributed by atoms with van der Waals surface area (Å²) in [4.78, 5) is 11.2. The molecule has 1 aromatic rings. The largest absolute Gasteiger partial charge is 0.483 e. The Kier molecular flexibility index (Phi) is 5.60. The van der Waals surface area contributed by atoms with Crippen LogP contribution in [-0.2, 0) is 4.79 Å². The molecule has 0 aromatic heterocycles. The van der Waals surface area contributed by atoms with Crippen molar-refractivity contribution in [3.63, 3.8) is 0 Å². The molecule has 1 N–H and O–H groups in total. The SMILES string of the molecule is CC1(C2CC2)CCC(N2CCC(c3ccccc3)CC2)C1.O=CO. The number of carbonyl (C=O) groups is 1. The van der Waals surface area contributed by atoms with Crippen LogP contribution in [0.1, 0.15) is 63.4 Å². The molecule has 3 fully saturated rings. The Morgan fingerprint density at radius 2 is 1.71 bits per heavy atom. The fourth-order valence-corrected chi connectivity index (χ4v) is 5.02. The third-order valence-electron chi connectivity index (χ3n) is 6.63. The van der Waals surface area contributed by atoms with Crippen LogP contribution >= 0.6 is 0 Å². The number of likely N-dealkylation sites (tertiary alicyclic amines) is 1. The number of hydrogen-bond acceptors (Lipinski definition) is 2. The first-order chi connectivity index (χ1) is 11.7. The molecule has 24 heavy (non-hydrogen) atoms. The number of nitrogens with zero attached hydrogens (tertiary/aromatic N) is 1. The third kappa shape index (κ3) is 4.00. The Morgan fingerprint density at radius 3 is 2.29 bits per heavy atom. The highest BCUT2D eigenvalue weighted by atomic mass is 16.3. The van der Waals surface area contributed by atoms with Gasteiger partial charge in [0.05, 0.1) is 0 Å². The lowest BCUT2D eigenvalue weighted by Crippen LogP contribution is -2.40. The molecular formula is C21H31NO2. The zero-order chi connectivity index (χ0) is 17.0. The molecule has 0 spiro atoms. The van der Waals surface area contributed by atoms with Crippen molar-refractivity contribution < 1.29 is 9.90 Å². The van der Waals surface area contributed by atoms with Crippen LogP contribution in [0, 0.1) is 11.3 Å². The van der Waals surface area contributed by atoms with Gasteiger partial charge in [0, 0.05) is 6.04 Å². The molecule has 2 aliphatic carbocycles. The predicted molar refractivity (Wildman–Crippen MR) is 97.2 cm³/mol. The molecule has 3 nitrogen and oxygen atoms in total. The Balaban J connectivity index is 0.000000526. The van der Waals surface area contributed by atoms with Crippen LogP contribution in [-0.4, -0.2) is 35.6 Å². The summed E-state index contributed by atoms with van der Waals surface area (Å²) in [5.74, 6) is 1.88. The van der Waals surface area contributed by atoms with Gasteiger partial charge in [-0.2, -0.15) is 0 Å². The van der Waals surface area contributed by atoms with Crippen LogP contribution in [0.2, 0.25) is 0 Å². The Hall–Kier alpha value is -1.35. The molecule has 0 radical (unpaired) electrons. The minimum atomic E-state index is -0.250. The van der Waals surface area contributed by atoms with E-state index in [-0.39, 0.29) is 6.47 Å². The molecule has 0 bridgehead atoms. The number of rotatable bonds is 3. The summed E-state index contributed by atoms with van der Waals surface area (Å²) in [7, 11) is 0. The van der Waals surface area contributed by atoms with E-state index in [2.05, 4.69) is 42.2 Å². The summed E-state index contributed by atoms with van der Waals surface area (Å²) in [5, 5.41) is 6.89. The summed E-state index contributed by atoms with van der Waals surface area (Å²) in [5.41, 5.74) is 2.26. The summed E-state index contributed by atoms with van der Waals surface area (Å²) in [6, 6.07) is 12.1. The van der Waals surface area contributed by atoms with E-state index in [1.54, 1.807) is 5.56 Å². The lowest BCUT2D eigenvalue weighted by molar-refractivity contribution is -0.122. The van der Waals surface area contributed by atoms with Crippen molar-refractivity contribution in [3.8, 4) is 0 Å². The second-order valence-corrected chi connectivity index (χ2v) is 8.15. The highest BCUT2D eigenvalue weighted by Gasteiger charge is 2.47. The quantitative estimate of drug-likeness (QED) is 0.828. The molecule has 2 unspecified atom stereocenters. The number of piperidine rings is 1. The highest BCUT2D eigenvalue weighted by molar-refractivity contribution is 5.32. The summed E-state index contributed by atoms with van der Waals surface area (Å²) < 4.78 is 0. The first-order valence-electron chi connectivity index (χ1n) is 9.53. The van der Waals surface area contributed by atoms with E-state index in [1.165, 1.54) is 58.0 Å². The van der Waals surface area contributed by atoms with E-state index >= 15 is 0 Å². The zero-order valence-corrected chi connectivity index (χ0v) is 14.9. The molecule has 2 atom stereocenters. The maximum absolute atomic E-state index is 8.36. The number of hydrogen-bond donors (Lipinski definition) is 1. The van der Waals surface area contributed by atoms with E-state index in [0.717, 1.165) is 17.9 Å². The predicted octanol–water partition coefficient (Wildman–Crippen LogP) is 4.54. The molecule has 0 amide bonds. The van der Waals surface area contributed by atoms with Gasteiger partial charge in [0.1, 0.15) is 0 Å². The normalized spacial score (nSPS) is 31.3. The summed E-state index contributed by atoms with van der Waals surface area (Å²) in [6.45, 7) is 4.97. The topological polar surface area (TPSA) is 40.5 Å². The van der Waals surface area contributed by atoms with E-state index in [0.29, 0.717) is 5.41 Å². The second-order valence-electron chi connectivity index (χ2n) is 8.15. The van der Waals surface area contributed by atoms with Crippen LogP contribution in [0.5, 0.6) is 0 Å². The first kappa shape index (κ1) is 17.5. The Bertz CT molecular complexity index is 520. The van der Waals surface area contributed by atoms with Crippen molar-refractivity contribution in [1.82, 2.24) is 4.90 Å². The molecule has 2 saturated carbocycles. The van der Waals surface area contributed by atoms with Gasteiger partial charge in [-0.05, 0) is 80.8 Å². The van der Waals surface area contributed by atoms with Crippen LogP contribution < -0.4 is 0 Å². The van der Waals surface area contributed by atoms with E-state index in [1.807, 2.05) is 0 Å². The fourth-order valence-electron chi connectivity index (χ4n) is 5.02. The number of benzene rings is 1. The smallest absolute Gasteiger partial charge is 0.290 e. The molecular weight excluding hydrogens is 298 g/mol. The Labute approximate surface area is 146 Å². The van der Waals surface area contributed by atoms with Crippen molar-refractivity contribution in [2.24, 2.45) is 11.3 Å². The van der Waals surface area contributed by atoms with Gasteiger partial charge in [-0.3, -0.25) is 4.79 Å². The minimum absolute atomic E-state index is 0.250. The van der Waals surface area contributed by atoms with Crippen LogP contribution in [0.3, 0.4) is 0 Å².